The van der Waals surface area contributed by atoms with Gasteiger partial charge in [0.1, 0.15) is 6.54 Å². The number of likely N-dealkylation sites (tertiary alicyclic amines) is 1. The quantitative estimate of drug-likeness (QED) is 0.330. The van der Waals surface area contributed by atoms with Gasteiger partial charge >= 0.3 is 5.97 Å². The van der Waals surface area contributed by atoms with Gasteiger partial charge in [-0.25, -0.2) is 4.79 Å². The molecule has 2 saturated carbocycles. The van der Waals surface area contributed by atoms with Crippen molar-refractivity contribution in [2.24, 2.45) is 29.6 Å². The second-order valence-corrected chi connectivity index (χ2v) is 11.0. The number of carbonyl (C=O) groups is 4. The molecule has 1 aromatic rings. The number of rotatable bonds is 6. The molecule has 1 saturated heterocycles. The van der Waals surface area contributed by atoms with Gasteiger partial charge in [-0.05, 0) is 48.4 Å². The minimum atomic E-state index is -0.449. The van der Waals surface area contributed by atoms with Gasteiger partial charge in [-0.15, -0.1) is 0 Å². The highest BCUT2D eigenvalue weighted by molar-refractivity contribution is 9.12. The Morgan fingerprint density at radius 2 is 1.61 bits per heavy atom. The van der Waals surface area contributed by atoms with Gasteiger partial charge < -0.3 is 10.1 Å². The van der Waals surface area contributed by atoms with Gasteiger partial charge in [-0.1, -0.05) is 45.7 Å². The van der Waals surface area contributed by atoms with E-state index in [4.69, 9.17) is 4.74 Å². The van der Waals surface area contributed by atoms with Gasteiger partial charge in [-0.2, -0.15) is 0 Å². The lowest BCUT2D eigenvalue weighted by Crippen LogP contribution is -2.39. The Hall–Kier alpha value is -1.74. The summed E-state index contributed by atoms with van der Waals surface area (Å²) in [6, 6.07) is 6.33. The maximum atomic E-state index is 12.9. The van der Waals surface area contributed by atoms with E-state index in [2.05, 4.69) is 37.2 Å². The standard InChI is InChI=1S/C22H24Br2N2O5/c1-10(2)9-31-22(30)11-3-5-12(6-4-11)25-15(27)8-26-20(28)16-13-7-14(17(16)21(26)29)19(24)18(13)23/h3-6,10,13-14,16-19H,7-9H2,1-2H3,(H,25,27)/t13-,14-,16-,17-,18-,19+/m1/s1. The molecule has 2 bridgehead atoms. The molecular formula is C22H24Br2N2O5. The van der Waals surface area contributed by atoms with Gasteiger partial charge in [0, 0.05) is 15.3 Å². The SMILES string of the molecule is CC(C)COC(=O)c1ccc(NC(=O)CN2C(=O)[C@@H]3[C@H]4C[C@@H]([C@@H](Br)[C@H]4Br)[C@H]3C2=O)cc1. The van der Waals surface area contributed by atoms with E-state index >= 15 is 0 Å². The Morgan fingerprint density at radius 1 is 1.06 bits per heavy atom. The molecule has 6 atom stereocenters. The smallest absolute Gasteiger partial charge is 0.338 e. The maximum absolute atomic E-state index is 12.9. The average molecular weight is 556 g/mol. The highest BCUT2D eigenvalue weighted by Gasteiger charge is 2.66. The molecule has 166 valence electrons. The fourth-order valence-corrected chi connectivity index (χ4v) is 6.80. The summed E-state index contributed by atoms with van der Waals surface area (Å²) in [5, 5.41) is 2.69. The molecule has 0 radical (unpaired) electrons. The van der Waals surface area contributed by atoms with Crippen LogP contribution in [0.2, 0.25) is 0 Å². The van der Waals surface area contributed by atoms with Crippen LogP contribution < -0.4 is 5.32 Å². The number of esters is 1. The second-order valence-electron chi connectivity index (χ2n) is 8.88. The monoisotopic (exact) mass is 554 g/mol. The summed E-state index contributed by atoms with van der Waals surface area (Å²) >= 11 is 7.30. The molecule has 3 fully saturated rings. The highest BCUT2D eigenvalue weighted by Crippen LogP contribution is 2.60. The summed E-state index contributed by atoms with van der Waals surface area (Å²) in [7, 11) is 0. The number of alkyl halides is 2. The predicted molar refractivity (Wildman–Crippen MR) is 121 cm³/mol. The molecule has 7 nitrogen and oxygen atoms in total. The van der Waals surface area contributed by atoms with E-state index in [-0.39, 0.29) is 57.6 Å². The first kappa shape index (κ1) is 22.5. The van der Waals surface area contributed by atoms with Crippen LogP contribution in [0.5, 0.6) is 0 Å². The molecule has 4 rings (SSSR count). The van der Waals surface area contributed by atoms with Crippen LogP contribution in [0.4, 0.5) is 5.69 Å². The first-order valence-corrected chi connectivity index (χ1v) is 12.2. The second kappa shape index (κ2) is 8.65. The summed E-state index contributed by atoms with van der Waals surface area (Å²) in [6.45, 7) is 3.94. The lowest BCUT2D eigenvalue weighted by Gasteiger charge is -2.28. The van der Waals surface area contributed by atoms with Gasteiger partial charge in [0.2, 0.25) is 17.7 Å². The number of benzene rings is 1. The minimum absolute atomic E-state index is 0.117. The Balaban J connectivity index is 1.36. The molecular weight excluding hydrogens is 532 g/mol. The maximum Gasteiger partial charge on any atom is 0.338 e. The Labute approximate surface area is 197 Å². The Kier molecular flexibility index (Phi) is 6.27. The number of halogens is 2. The van der Waals surface area contributed by atoms with Crippen molar-refractivity contribution in [2.45, 2.75) is 29.9 Å². The van der Waals surface area contributed by atoms with Gasteiger partial charge in [0.25, 0.3) is 0 Å². The minimum Gasteiger partial charge on any atom is -0.462 e. The van der Waals surface area contributed by atoms with Crippen molar-refractivity contribution in [1.29, 1.82) is 0 Å². The van der Waals surface area contributed by atoms with Gasteiger partial charge in [0.05, 0.1) is 24.0 Å². The van der Waals surface area contributed by atoms with Crippen molar-refractivity contribution < 1.29 is 23.9 Å². The normalized spacial score (nSPS) is 31.3. The number of nitrogens with zero attached hydrogens (tertiary/aromatic N) is 1. The molecule has 1 heterocycles. The van der Waals surface area contributed by atoms with E-state index in [9.17, 15) is 19.2 Å². The third-order valence-electron chi connectivity index (χ3n) is 6.33. The molecule has 3 aliphatic rings. The summed E-state index contributed by atoms with van der Waals surface area (Å²) in [6.07, 6.45) is 0.852. The third-order valence-corrected chi connectivity index (χ3v) is 9.54. The van der Waals surface area contributed by atoms with E-state index in [0.717, 1.165) is 11.3 Å². The van der Waals surface area contributed by atoms with Crippen molar-refractivity contribution in [1.82, 2.24) is 4.90 Å². The van der Waals surface area contributed by atoms with Gasteiger partial charge in [0.15, 0.2) is 0 Å². The lowest BCUT2D eigenvalue weighted by molar-refractivity contribution is -0.143. The van der Waals surface area contributed by atoms with E-state index in [1.807, 2.05) is 13.8 Å². The molecule has 31 heavy (non-hydrogen) atoms. The number of carbonyl (C=O) groups excluding carboxylic acids is 4. The van der Waals surface area contributed by atoms with Crippen LogP contribution in [-0.4, -0.2) is 51.4 Å². The lowest BCUT2D eigenvalue weighted by atomic mass is 9.81. The van der Waals surface area contributed by atoms with Crippen LogP contribution in [0, 0.1) is 29.6 Å². The van der Waals surface area contributed by atoms with Crippen molar-refractivity contribution in [3.05, 3.63) is 29.8 Å². The third kappa shape index (κ3) is 4.06. The molecule has 1 N–H and O–H groups in total. The van der Waals surface area contributed by atoms with Crippen LogP contribution in [-0.2, 0) is 19.1 Å². The van der Waals surface area contributed by atoms with Gasteiger partial charge in [-0.3, -0.25) is 19.3 Å². The van der Waals surface area contributed by atoms with Crippen LogP contribution >= 0.6 is 31.9 Å². The zero-order valence-electron chi connectivity index (χ0n) is 17.2. The zero-order valence-corrected chi connectivity index (χ0v) is 20.4. The number of amides is 3. The topological polar surface area (TPSA) is 92.8 Å². The van der Waals surface area contributed by atoms with E-state index in [0.29, 0.717) is 17.9 Å². The summed E-state index contributed by atoms with van der Waals surface area (Å²) in [5.74, 6) is -1.55. The molecule has 9 heteroatoms. The molecule has 1 aliphatic heterocycles. The number of ether oxygens (including phenoxy) is 1. The molecule has 0 spiro atoms. The fourth-order valence-electron chi connectivity index (χ4n) is 4.93. The summed E-state index contributed by atoms with van der Waals surface area (Å²) in [5.41, 5.74) is 0.867. The first-order chi connectivity index (χ1) is 14.7. The van der Waals surface area contributed by atoms with E-state index < -0.39 is 11.9 Å². The van der Waals surface area contributed by atoms with Crippen LogP contribution in [0.25, 0.3) is 0 Å². The molecule has 2 aliphatic carbocycles. The molecule has 3 amide bonds. The number of nitrogens with one attached hydrogen (secondary N) is 1. The largest absolute Gasteiger partial charge is 0.462 e. The fraction of sp³-hybridized carbons (Fsp3) is 0.545. The number of anilines is 1. The zero-order chi connectivity index (χ0) is 22.4. The Bertz CT molecular complexity index is 887. The molecule has 0 aromatic heterocycles. The van der Waals surface area contributed by atoms with Crippen molar-refractivity contribution in [3.8, 4) is 0 Å². The summed E-state index contributed by atoms with van der Waals surface area (Å²) in [4.78, 5) is 51.7. The van der Waals surface area contributed by atoms with Crippen molar-refractivity contribution in [3.63, 3.8) is 0 Å². The molecule has 0 unspecified atom stereocenters. The predicted octanol–water partition coefficient (Wildman–Crippen LogP) is 3.22. The average Bonchev–Trinajstić information content (AvgIpc) is 3.33. The van der Waals surface area contributed by atoms with E-state index in [1.54, 1.807) is 24.3 Å². The first-order valence-electron chi connectivity index (χ1n) is 10.4. The Morgan fingerprint density at radius 3 is 2.13 bits per heavy atom. The molecule has 1 aromatic carbocycles. The number of hydrogen-bond donors (Lipinski definition) is 1. The highest BCUT2D eigenvalue weighted by atomic mass is 79.9. The van der Waals surface area contributed by atoms with Crippen LogP contribution in [0.3, 0.4) is 0 Å². The van der Waals surface area contributed by atoms with Crippen LogP contribution in [0.15, 0.2) is 24.3 Å². The summed E-state index contributed by atoms with van der Waals surface area (Å²) < 4.78 is 5.18. The number of hydrogen-bond acceptors (Lipinski definition) is 5. The number of imide groups is 1. The van der Waals surface area contributed by atoms with Crippen molar-refractivity contribution >= 4 is 61.2 Å². The van der Waals surface area contributed by atoms with Crippen LogP contribution in [0.1, 0.15) is 30.6 Å². The van der Waals surface area contributed by atoms with Crippen molar-refractivity contribution in [2.75, 3.05) is 18.5 Å². The van der Waals surface area contributed by atoms with E-state index in [1.165, 1.54) is 0 Å². The number of fused-ring (bicyclic) bond motifs is 5.